The Balaban J connectivity index is 1.63. The summed E-state index contributed by atoms with van der Waals surface area (Å²) in [4.78, 5) is 0.277. The van der Waals surface area contributed by atoms with Crippen LogP contribution >= 0.6 is 0 Å². The van der Waals surface area contributed by atoms with Gasteiger partial charge in [-0.05, 0) is 52.6 Å². The molecule has 0 radical (unpaired) electrons. The van der Waals surface area contributed by atoms with Gasteiger partial charge in [0.15, 0.2) is 0 Å². The molecular formula is C17H14N4O3S. The van der Waals surface area contributed by atoms with Crippen molar-refractivity contribution < 1.29 is 12.6 Å². The summed E-state index contributed by atoms with van der Waals surface area (Å²) in [5.41, 5.74) is 2.67. The van der Waals surface area contributed by atoms with Crippen LogP contribution in [0.5, 0.6) is 5.75 Å². The monoisotopic (exact) mass is 354 g/mol. The van der Waals surface area contributed by atoms with Gasteiger partial charge in [0.2, 0.25) is 0 Å². The molecule has 1 heterocycles. The standard InChI is InChI=1S/C17H14N4O3S/c22-25(23,17-9-8-13-4-1-2-5-14(13)10-17)24-16-7-3-6-15(11-16)21-12-18-19-20-21/h1-7,10-12H,8-9H2. The second-order valence-corrected chi connectivity index (χ2v) is 7.20. The van der Waals surface area contributed by atoms with Crippen LogP contribution in [0.25, 0.3) is 11.8 Å². The quantitative estimate of drug-likeness (QED) is 0.669. The first-order valence-electron chi connectivity index (χ1n) is 7.68. The van der Waals surface area contributed by atoms with Gasteiger partial charge in [0.05, 0.1) is 10.6 Å². The van der Waals surface area contributed by atoms with E-state index in [1.165, 1.54) is 11.0 Å². The molecule has 1 aliphatic rings. The fourth-order valence-electron chi connectivity index (χ4n) is 2.74. The minimum Gasteiger partial charge on any atom is -0.379 e. The predicted octanol–water partition coefficient (Wildman–Crippen LogP) is 2.36. The Bertz CT molecular complexity index is 1040. The highest BCUT2D eigenvalue weighted by atomic mass is 32.2. The van der Waals surface area contributed by atoms with Crippen molar-refractivity contribution in [2.75, 3.05) is 0 Å². The van der Waals surface area contributed by atoms with Crippen LogP contribution in [0.1, 0.15) is 17.5 Å². The number of hydrogen-bond donors (Lipinski definition) is 0. The third-order valence-electron chi connectivity index (χ3n) is 3.97. The second-order valence-electron chi connectivity index (χ2n) is 5.60. The lowest BCUT2D eigenvalue weighted by Gasteiger charge is -2.16. The Kier molecular flexibility index (Phi) is 3.81. The van der Waals surface area contributed by atoms with Gasteiger partial charge in [-0.3, -0.25) is 0 Å². The van der Waals surface area contributed by atoms with Crippen molar-refractivity contribution in [3.63, 3.8) is 0 Å². The smallest absolute Gasteiger partial charge is 0.335 e. The molecule has 126 valence electrons. The topological polar surface area (TPSA) is 87.0 Å². The molecule has 1 aliphatic carbocycles. The number of fused-ring (bicyclic) bond motifs is 1. The molecule has 0 saturated carbocycles. The van der Waals surface area contributed by atoms with E-state index in [0.717, 1.165) is 11.1 Å². The summed E-state index contributed by atoms with van der Waals surface area (Å²) in [6, 6.07) is 14.4. The molecular weight excluding hydrogens is 340 g/mol. The summed E-state index contributed by atoms with van der Waals surface area (Å²) < 4.78 is 32.0. The Morgan fingerprint density at radius 2 is 1.92 bits per heavy atom. The molecule has 4 rings (SSSR count). The van der Waals surface area contributed by atoms with Crippen molar-refractivity contribution >= 4 is 16.2 Å². The highest BCUT2D eigenvalue weighted by Gasteiger charge is 2.23. The van der Waals surface area contributed by atoms with Crippen LogP contribution < -0.4 is 4.18 Å². The van der Waals surface area contributed by atoms with Crippen molar-refractivity contribution in [3.05, 3.63) is 70.9 Å². The summed E-state index contributed by atoms with van der Waals surface area (Å²) in [5.74, 6) is 0.216. The Morgan fingerprint density at radius 3 is 2.76 bits per heavy atom. The number of hydrogen-bond acceptors (Lipinski definition) is 6. The molecule has 0 saturated heterocycles. The number of aryl methyl sites for hydroxylation is 1. The van der Waals surface area contributed by atoms with Crippen LogP contribution in [0, 0.1) is 0 Å². The van der Waals surface area contributed by atoms with Gasteiger partial charge in [0.25, 0.3) is 0 Å². The molecule has 0 bridgehead atoms. The van der Waals surface area contributed by atoms with Crippen LogP contribution in [0.4, 0.5) is 0 Å². The van der Waals surface area contributed by atoms with Gasteiger partial charge in [0, 0.05) is 6.07 Å². The van der Waals surface area contributed by atoms with Crippen molar-refractivity contribution in [1.29, 1.82) is 0 Å². The van der Waals surface area contributed by atoms with E-state index in [1.807, 2.05) is 24.3 Å². The maximum Gasteiger partial charge on any atom is 0.335 e. The molecule has 25 heavy (non-hydrogen) atoms. The first-order chi connectivity index (χ1) is 12.1. The number of nitrogens with zero attached hydrogens (tertiary/aromatic N) is 4. The minimum atomic E-state index is -3.86. The van der Waals surface area contributed by atoms with E-state index in [4.69, 9.17) is 4.18 Å². The van der Waals surface area contributed by atoms with E-state index in [9.17, 15) is 8.42 Å². The number of aromatic nitrogens is 4. The van der Waals surface area contributed by atoms with Crippen molar-refractivity contribution in [1.82, 2.24) is 20.2 Å². The molecule has 0 amide bonds. The van der Waals surface area contributed by atoms with Crippen LogP contribution in [-0.4, -0.2) is 28.6 Å². The van der Waals surface area contributed by atoms with Gasteiger partial charge in [-0.25, -0.2) is 4.68 Å². The zero-order chi connectivity index (χ0) is 17.3. The molecule has 7 nitrogen and oxygen atoms in total. The summed E-state index contributed by atoms with van der Waals surface area (Å²) >= 11 is 0. The maximum atomic E-state index is 12.6. The minimum absolute atomic E-state index is 0.216. The molecule has 0 spiro atoms. The largest absolute Gasteiger partial charge is 0.379 e. The molecule has 8 heteroatoms. The van der Waals surface area contributed by atoms with Crippen LogP contribution in [0.3, 0.4) is 0 Å². The fraction of sp³-hybridized carbons (Fsp3) is 0.118. The average Bonchev–Trinajstić information content (AvgIpc) is 3.16. The normalized spacial score (nSPS) is 13.8. The highest BCUT2D eigenvalue weighted by molar-refractivity contribution is 7.91. The lowest BCUT2D eigenvalue weighted by molar-refractivity contribution is 0.491. The molecule has 0 atom stereocenters. The van der Waals surface area contributed by atoms with Gasteiger partial charge in [-0.1, -0.05) is 30.3 Å². The fourth-order valence-corrected chi connectivity index (χ4v) is 3.83. The van der Waals surface area contributed by atoms with E-state index >= 15 is 0 Å². The van der Waals surface area contributed by atoms with Gasteiger partial charge in [-0.15, -0.1) is 5.10 Å². The molecule has 3 aromatic rings. The Labute approximate surface area is 144 Å². The van der Waals surface area contributed by atoms with Gasteiger partial charge < -0.3 is 4.18 Å². The molecule has 0 aliphatic heterocycles. The lowest BCUT2D eigenvalue weighted by Crippen LogP contribution is -2.15. The van der Waals surface area contributed by atoms with Crippen LogP contribution in [0.2, 0.25) is 0 Å². The lowest BCUT2D eigenvalue weighted by atomic mass is 9.98. The van der Waals surface area contributed by atoms with Crippen molar-refractivity contribution in [3.8, 4) is 11.4 Å². The Hall–Kier alpha value is -3.00. The van der Waals surface area contributed by atoms with E-state index in [1.54, 1.807) is 30.3 Å². The third kappa shape index (κ3) is 3.16. The third-order valence-corrected chi connectivity index (χ3v) is 5.35. The highest BCUT2D eigenvalue weighted by Crippen LogP contribution is 2.29. The number of benzene rings is 2. The molecule has 2 aromatic carbocycles. The SMILES string of the molecule is O=S(=O)(Oc1cccc(-n2cnnn2)c1)C1=Cc2ccccc2CC1. The summed E-state index contributed by atoms with van der Waals surface area (Å²) in [7, 11) is -3.86. The second kappa shape index (κ2) is 6.14. The van der Waals surface area contributed by atoms with Crippen molar-refractivity contribution in [2.24, 2.45) is 0 Å². The van der Waals surface area contributed by atoms with Gasteiger partial charge in [0.1, 0.15) is 12.1 Å². The first kappa shape index (κ1) is 15.5. The molecule has 0 N–H and O–H groups in total. The zero-order valence-corrected chi connectivity index (χ0v) is 13.9. The van der Waals surface area contributed by atoms with E-state index < -0.39 is 10.1 Å². The number of tetrazole rings is 1. The number of allylic oxidation sites excluding steroid dienone is 1. The molecule has 0 unspecified atom stereocenters. The van der Waals surface area contributed by atoms with E-state index in [2.05, 4.69) is 15.5 Å². The van der Waals surface area contributed by atoms with Crippen LogP contribution in [0.15, 0.2) is 59.8 Å². The summed E-state index contributed by atoms with van der Waals surface area (Å²) in [5, 5.41) is 10.9. The average molecular weight is 354 g/mol. The number of rotatable bonds is 4. The summed E-state index contributed by atoms with van der Waals surface area (Å²) in [6.45, 7) is 0. The van der Waals surface area contributed by atoms with Crippen molar-refractivity contribution in [2.45, 2.75) is 12.8 Å². The van der Waals surface area contributed by atoms with Crippen LogP contribution in [-0.2, 0) is 16.5 Å². The first-order valence-corrected chi connectivity index (χ1v) is 9.09. The predicted molar refractivity (Wildman–Crippen MR) is 91.4 cm³/mol. The Morgan fingerprint density at radius 1 is 1.04 bits per heavy atom. The summed E-state index contributed by atoms with van der Waals surface area (Å²) in [6.07, 6.45) is 4.20. The molecule has 1 aromatic heterocycles. The van der Waals surface area contributed by atoms with Gasteiger partial charge in [-0.2, -0.15) is 8.42 Å². The zero-order valence-electron chi connectivity index (χ0n) is 13.1. The molecule has 0 fully saturated rings. The maximum absolute atomic E-state index is 12.6. The van der Waals surface area contributed by atoms with E-state index in [0.29, 0.717) is 18.5 Å². The van der Waals surface area contributed by atoms with E-state index in [-0.39, 0.29) is 10.7 Å². The van der Waals surface area contributed by atoms with Gasteiger partial charge >= 0.3 is 10.1 Å².